The number of carbonyl (C=O) groups is 2. The van der Waals surface area contributed by atoms with Gasteiger partial charge in [-0.15, -0.1) is 0 Å². The predicted molar refractivity (Wildman–Crippen MR) is 69.5 cm³/mol. The van der Waals surface area contributed by atoms with Crippen LogP contribution in [0.25, 0.3) is 0 Å². The number of carboxylic acid groups (broad SMARTS) is 1. The molecule has 0 saturated carbocycles. The highest BCUT2D eigenvalue weighted by Gasteiger charge is 2.34. The molecule has 1 rings (SSSR count). The molecule has 0 aliphatic rings. The molecule has 7 heteroatoms. The fourth-order valence-corrected chi connectivity index (χ4v) is 1.76. The van der Waals surface area contributed by atoms with Gasteiger partial charge in [-0.05, 0) is 13.3 Å². The minimum atomic E-state index is -1.24. The molecule has 0 spiro atoms. The number of H-pyrrole nitrogens is 1. The Morgan fingerprint density at radius 3 is 2.74 bits per heavy atom. The smallest absolute Gasteiger partial charge is 0.329 e. The minimum absolute atomic E-state index is 0.365. The molecular formula is C12H20N4O3. The molecule has 3 N–H and O–H groups in total. The fraction of sp³-hybridized carbons (Fsp3) is 0.583. The normalized spacial score (nSPS) is 13.6. The van der Waals surface area contributed by atoms with E-state index in [-0.39, 0.29) is 0 Å². The first-order valence-electron chi connectivity index (χ1n) is 6.13. The zero-order chi connectivity index (χ0) is 14.5. The second kappa shape index (κ2) is 6.21. The number of aromatic amines is 1. The van der Waals surface area contributed by atoms with Gasteiger partial charge in [0.05, 0.1) is 12.7 Å². The van der Waals surface area contributed by atoms with Crippen LogP contribution in [0, 0.1) is 0 Å². The van der Waals surface area contributed by atoms with Crippen LogP contribution < -0.4 is 5.32 Å². The lowest BCUT2D eigenvalue weighted by atomic mass is 9.96. The molecule has 0 fully saturated rings. The van der Waals surface area contributed by atoms with E-state index in [4.69, 9.17) is 0 Å². The fourth-order valence-electron chi connectivity index (χ4n) is 1.76. The summed E-state index contributed by atoms with van der Waals surface area (Å²) in [4.78, 5) is 24.6. The zero-order valence-electron chi connectivity index (χ0n) is 11.4. The molecule has 7 nitrogen and oxygen atoms in total. The highest BCUT2D eigenvalue weighted by molar-refractivity contribution is 5.85. The van der Waals surface area contributed by atoms with Crippen LogP contribution in [0.3, 0.4) is 0 Å². The van der Waals surface area contributed by atoms with Gasteiger partial charge in [-0.2, -0.15) is 5.10 Å². The van der Waals surface area contributed by atoms with Crippen molar-refractivity contribution in [3.63, 3.8) is 0 Å². The maximum Gasteiger partial charge on any atom is 0.329 e. The van der Waals surface area contributed by atoms with E-state index in [1.54, 1.807) is 19.4 Å². The first kappa shape index (κ1) is 15.0. The highest BCUT2D eigenvalue weighted by Crippen LogP contribution is 2.13. The highest BCUT2D eigenvalue weighted by atomic mass is 16.4. The van der Waals surface area contributed by atoms with Crippen LogP contribution in [0.2, 0.25) is 0 Å². The number of urea groups is 1. The van der Waals surface area contributed by atoms with Crippen molar-refractivity contribution in [2.45, 2.75) is 38.8 Å². The lowest BCUT2D eigenvalue weighted by molar-refractivity contribution is -0.144. The second-order valence-corrected chi connectivity index (χ2v) is 4.78. The van der Waals surface area contributed by atoms with Crippen molar-refractivity contribution in [3.8, 4) is 0 Å². The SMILES string of the molecule is CCCC(C)(NC(=O)N(C)Cc1cn[nH]c1)C(=O)O. The Balaban J connectivity index is 2.64. The summed E-state index contributed by atoms with van der Waals surface area (Å²) in [6, 6.07) is -0.417. The number of aliphatic carboxylic acids is 1. The molecule has 2 amide bonds. The molecule has 19 heavy (non-hydrogen) atoms. The Kier molecular flexibility index (Phi) is 4.91. The van der Waals surface area contributed by atoms with Crippen LogP contribution in [-0.2, 0) is 11.3 Å². The summed E-state index contributed by atoms with van der Waals surface area (Å²) in [7, 11) is 1.61. The number of amides is 2. The number of nitrogens with zero attached hydrogens (tertiary/aromatic N) is 2. The van der Waals surface area contributed by atoms with Crippen LogP contribution in [0.1, 0.15) is 32.3 Å². The zero-order valence-corrected chi connectivity index (χ0v) is 11.4. The molecule has 0 aromatic carbocycles. The van der Waals surface area contributed by atoms with Gasteiger partial charge in [-0.1, -0.05) is 13.3 Å². The molecule has 1 unspecified atom stereocenters. The maximum atomic E-state index is 12.0. The van der Waals surface area contributed by atoms with Crippen LogP contribution >= 0.6 is 0 Å². The standard InChI is InChI=1S/C12H20N4O3/c1-4-5-12(2,10(17)18)15-11(19)16(3)8-9-6-13-14-7-9/h6-7H,4-5,8H2,1-3H3,(H,13,14)(H,15,19)(H,17,18). The average molecular weight is 268 g/mol. The third-order valence-corrected chi connectivity index (χ3v) is 2.93. The Hall–Kier alpha value is -2.05. The minimum Gasteiger partial charge on any atom is -0.480 e. The van der Waals surface area contributed by atoms with E-state index in [1.807, 2.05) is 6.92 Å². The van der Waals surface area contributed by atoms with Gasteiger partial charge in [0.2, 0.25) is 0 Å². The summed E-state index contributed by atoms with van der Waals surface area (Å²) in [5, 5.41) is 18.2. The molecule has 106 valence electrons. The van der Waals surface area contributed by atoms with Crippen LogP contribution in [-0.4, -0.2) is 44.8 Å². The molecule has 0 bridgehead atoms. The molecule has 1 aromatic rings. The van der Waals surface area contributed by atoms with E-state index < -0.39 is 17.5 Å². The van der Waals surface area contributed by atoms with Gasteiger partial charge in [0.25, 0.3) is 0 Å². The van der Waals surface area contributed by atoms with E-state index in [2.05, 4.69) is 15.5 Å². The quantitative estimate of drug-likeness (QED) is 0.721. The van der Waals surface area contributed by atoms with Crippen molar-refractivity contribution in [2.75, 3.05) is 7.05 Å². The Morgan fingerprint density at radius 2 is 2.26 bits per heavy atom. The summed E-state index contributed by atoms with van der Waals surface area (Å²) < 4.78 is 0. The largest absolute Gasteiger partial charge is 0.480 e. The summed E-state index contributed by atoms with van der Waals surface area (Å²) in [5.41, 5.74) is -0.388. The number of rotatable bonds is 6. The lowest BCUT2D eigenvalue weighted by Gasteiger charge is -2.28. The van der Waals surface area contributed by atoms with E-state index >= 15 is 0 Å². The topological polar surface area (TPSA) is 98.3 Å². The van der Waals surface area contributed by atoms with E-state index in [9.17, 15) is 14.7 Å². The summed E-state index contributed by atoms with van der Waals surface area (Å²) >= 11 is 0. The number of carboxylic acids is 1. The third-order valence-electron chi connectivity index (χ3n) is 2.93. The first-order chi connectivity index (χ1) is 8.89. The third kappa shape index (κ3) is 3.97. The van der Waals surface area contributed by atoms with E-state index in [0.29, 0.717) is 19.4 Å². The lowest BCUT2D eigenvalue weighted by Crippen LogP contribution is -2.55. The average Bonchev–Trinajstić information content (AvgIpc) is 2.81. The number of nitrogens with one attached hydrogen (secondary N) is 2. The van der Waals surface area contributed by atoms with Crippen molar-refractivity contribution in [1.29, 1.82) is 0 Å². The number of hydrogen-bond acceptors (Lipinski definition) is 3. The number of carbonyl (C=O) groups excluding carboxylic acids is 1. The summed E-state index contributed by atoms with van der Waals surface area (Å²) in [5.74, 6) is -1.03. The Bertz CT molecular complexity index is 432. The number of hydrogen-bond donors (Lipinski definition) is 3. The van der Waals surface area contributed by atoms with Gasteiger partial charge < -0.3 is 15.3 Å². The molecule has 1 atom stereocenters. The van der Waals surface area contributed by atoms with Crippen LogP contribution in [0.5, 0.6) is 0 Å². The number of aromatic nitrogens is 2. The van der Waals surface area contributed by atoms with Crippen molar-refractivity contribution < 1.29 is 14.7 Å². The summed E-state index contributed by atoms with van der Waals surface area (Å²) in [6.07, 6.45) is 4.36. The Morgan fingerprint density at radius 1 is 1.58 bits per heavy atom. The van der Waals surface area contributed by atoms with Gasteiger partial charge >= 0.3 is 12.0 Å². The Labute approximate surface area is 112 Å². The molecule has 0 aliphatic carbocycles. The van der Waals surface area contributed by atoms with E-state index in [1.165, 1.54) is 11.8 Å². The second-order valence-electron chi connectivity index (χ2n) is 4.78. The van der Waals surface area contributed by atoms with Crippen molar-refractivity contribution in [2.24, 2.45) is 0 Å². The van der Waals surface area contributed by atoms with Crippen molar-refractivity contribution in [1.82, 2.24) is 20.4 Å². The van der Waals surface area contributed by atoms with E-state index in [0.717, 1.165) is 5.56 Å². The van der Waals surface area contributed by atoms with Gasteiger partial charge in [-0.3, -0.25) is 5.10 Å². The van der Waals surface area contributed by atoms with Crippen LogP contribution in [0.15, 0.2) is 12.4 Å². The molecule has 0 aliphatic heterocycles. The van der Waals surface area contributed by atoms with Crippen molar-refractivity contribution >= 4 is 12.0 Å². The van der Waals surface area contributed by atoms with Gasteiger partial charge in [-0.25, -0.2) is 9.59 Å². The molecule has 0 saturated heterocycles. The van der Waals surface area contributed by atoms with Crippen molar-refractivity contribution in [3.05, 3.63) is 18.0 Å². The van der Waals surface area contributed by atoms with Gasteiger partial charge in [0, 0.05) is 18.8 Å². The monoisotopic (exact) mass is 268 g/mol. The predicted octanol–water partition coefficient (Wildman–Crippen LogP) is 1.19. The molecular weight excluding hydrogens is 248 g/mol. The molecule has 1 aromatic heterocycles. The maximum absolute atomic E-state index is 12.0. The first-order valence-corrected chi connectivity index (χ1v) is 6.13. The van der Waals surface area contributed by atoms with Crippen LogP contribution in [0.4, 0.5) is 4.79 Å². The summed E-state index contributed by atoms with van der Waals surface area (Å²) in [6.45, 7) is 3.76. The molecule has 1 heterocycles. The van der Waals surface area contributed by atoms with Gasteiger partial charge in [0.1, 0.15) is 5.54 Å². The van der Waals surface area contributed by atoms with Gasteiger partial charge in [0.15, 0.2) is 0 Å². The molecule has 0 radical (unpaired) electrons.